The number of hydrogen-bond acceptors (Lipinski definition) is 2. The van der Waals surface area contributed by atoms with E-state index in [1.54, 1.807) is 0 Å². The fourth-order valence-corrected chi connectivity index (χ4v) is 2.44. The Bertz CT molecular complexity index is 365. The second kappa shape index (κ2) is 6.09. The zero-order valence-corrected chi connectivity index (χ0v) is 14.1. The molecule has 1 aromatic rings. The predicted octanol–water partition coefficient (Wildman–Crippen LogP) is 4.37. The van der Waals surface area contributed by atoms with Crippen molar-refractivity contribution in [1.29, 1.82) is 0 Å². The van der Waals surface area contributed by atoms with Gasteiger partial charge >= 0.3 is 0 Å². The summed E-state index contributed by atoms with van der Waals surface area (Å²) in [4.78, 5) is 0. The van der Waals surface area contributed by atoms with Crippen molar-refractivity contribution < 1.29 is 4.43 Å². The molecule has 0 saturated heterocycles. The van der Waals surface area contributed by atoms with E-state index in [-0.39, 0.29) is 23.9 Å². The second-order valence-corrected chi connectivity index (χ2v) is 11.1. The molecule has 0 saturated carbocycles. The molecule has 0 amide bonds. The molecule has 104 valence electrons. The molecule has 0 unspecified atom stereocenters. The maximum absolute atomic E-state index is 6.22. The van der Waals surface area contributed by atoms with Gasteiger partial charge in [-0.2, -0.15) is 0 Å². The molecular weight excluding hydrogens is 262 g/mol. The Morgan fingerprint density at radius 1 is 1.06 bits per heavy atom. The Balaban J connectivity index is 0.00000289. The average Bonchev–Trinajstić information content (AvgIpc) is 2.14. The van der Waals surface area contributed by atoms with E-state index < -0.39 is 8.32 Å². The van der Waals surface area contributed by atoms with Crippen molar-refractivity contribution in [3.8, 4) is 5.75 Å². The van der Waals surface area contributed by atoms with Gasteiger partial charge < -0.3 is 10.2 Å². The van der Waals surface area contributed by atoms with Crippen molar-refractivity contribution in [3.05, 3.63) is 29.8 Å². The topological polar surface area (TPSA) is 35.2 Å². The molecule has 18 heavy (non-hydrogen) atoms. The van der Waals surface area contributed by atoms with Gasteiger partial charge in [0.05, 0.1) is 0 Å². The molecule has 0 heterocycles. The van der Waals surface area contributed by atoms with Crippen LogP contribution >= 0.6 is 12.4 Å². The summed E-state index contributed by atoms with van der Waals surface area (Å²) in [5.74, 6) is 0.953. The quantitative estimate of drug-likeness (QED) is 0.838. The second-order valence-electron chi connectivity index (χ2n) is 6.63. The van der Waals surface area contributed by atoms with Gasteiger partial charge in [0.2, 0.25) is 8.32 Å². The first-order chi connectivity index (χ1) is 7.59. The fourth-order valence-electron chi connectivity index (χ4n) is 1.60. The first kappa shape index (κ1) is 17.5. The van der Waals surface area contributed by atoms with Crippen LogP contribution in [0.5, 0.6) is 5.75 Å². The lowest BCUT2D eigenvalue weighted by Crippen LogP contribution is -2.29. The van der Waals surface area contributed by atoms with E-state index in [1.165, 1.54) is 5.56 Å². The zero-order chi connectivity index (χ0) is 13.3. The Hall–Kier alpha value is -0.513. The number of benzene rings is 1. The van der Waals surface area contributed by atoms with Gasteiger partial charge in [0, 0.05) is 6.04 Å². The molecule has 0 spiro atoms. The lowest BCUT2D eigenvalue weighted by molar-refractivity contribution is 0.327. The lowest BCUT2D eigenvalue weighted by Gasteiger charge is -2.27. The standard InChI is InChI=1S/C14H25NOSi.ClH/c1-14(2,3)13(15)11-7-9-12(10-8-11)16-17(4,5)6;/h7-10,13H,15H2,1-6H3;1H/t13-;/m1./s1. The first-order valence-electron chi connectivity index (χ1n) is 6.14. The van der Waals surface area contributed by atoms with Gasteiger partial charge in [-0.15, -0.1) is 12.4 Å². The molecule has 0 bridgehead atoms. The molecule has 0 fully saturated rings. The number of halogens is 1. The lowest BCUT2D eigenvalue weighted by atomic mass is 9.83. The minimum Gasteiger partial charge on any atom is -0.544 e. The van der Waals surface area contributed by atoms with Gasteiger partial charge in [-0.3, -0.25) is 0 Å². The fraction of sp³-hybridized carbons (Fsp3) is 0.571. The third-order valence-corrected chi connectivity index (χ3v) is 3.44. The van der Waals surface area contributed by atoms with Crippen LogP contribution in [-0.2, 0) is 0 Å². The highest BCUT2D eigenvalue weighted by atomic mass is 35.5. The molecular formula is C14H26ClNOSi. The van der Waals surface area contributed by atoms with Crippen molar-refractivity contribution in [2.75, 3.05) is 0 Å². The van der Waals surface area contributed by atoms with E-state index in [2.05, 4.69) is 52.5 Å². The summed E-state index contributed by atoms with van der Waals surface area (Å²) in [6.07, 6.45) is 0. The highest BCUT2D eigenvalue weighted by Crippen LogP contribution is 2.31. The van der Waals surface area contributed by atoms with Crippen molar-refractivity contribution >= 4 is 20.7 Å². The molecule has 2 N–H and O–H groups in total. The largest absolute Gasteiger partial charge is 0.544 e. The van der Waals surface area contributed by atoms with Crippen LogP contribution in [0.1, 0.15) is 32.4 Å². The summed E-state index contributed by atoms with van der Waals surface area (Å²) in [5, 5.41) is 0. The van der Waals surface area contributed by atoms with E-state index >= 15 is 0 Å². The third-order valence-electron chi connectivity index (χ3n) is 2.60. The smallest absolute Gasteiger partial charge is 0.242 e. The van der Waals surface area contributed by atoms with Gasteiger partial charge in [0.25, 0.3) is 0 Å². The van der Waals surface area contributed by atoms with Gasteiger partial charge in [-0.25, -0.2) is 0 Å². The van der Waals surface area contributed by atoms with Crippen LogP contribution in [0.2, 0.25) is 19.6 Å². The van der Waals surface area contributed by atoms with Crippen LogP contribution in [0, 0.1) is 5.41 Å². The van der Waals surface area contributed by atoms with E-state index in [0.29, 0.717) is 0 Å². The van der Waals surface area contributed by atoms with Crippen LogP contribution in [0.15, 0.2) is 24.3 Å². The average molecular weight is 288 g/mol. The van der Waals surface area contributed by atoms with Crippen LogP contribution in [-0.4, -0.2) is 8.32 Å². The van der Waals surface area contributed by atoms with Crippen LogP contribution in [0.4, 0.5) is 0 Å². The highest BCUT2D eigenvalue weighted by Gasteiger charge is 2.22. The van der Waals surface area contributed by atoms with Crippen molar-refractivity contribution in [2.24, 2.45) is 11.1 Å². The van der Waals surface area contributed by atoms with Crippen LogP contribution in [0.3, 0.4) is 0 Å². The number of rotatable bonds is 3. The summed E-state index contributed by atoms with van der Waals surface area (Å²) < 4.78 is 5.92. The van der Waals surface area contributed by atoms with Crippen LogP contribution in [0.25, 0.3) is 0 Å². The molecule has 0 radical (unpaired) electrons. The van der Waals surface area contributed by atoms with Crippen molar-refractivity contribution in [3.63, 3.8) is 0 Å². The van der Waals surface area contributed by atoms with E-state index in [1.807, 2.05) is 12.1 Å². The summed E-state index contributed by atoms with van der Waals surface area (Å²) >= 11 is 0. The van der Waals surface area contributed by atoms with Gasteiger partial charge in [0.15, 0.2) is 0 Å². The Labute approximate surface area is 118 Å². The Kier molecular flexibility index (Phi) is 5.91. The van der Waals surface area contributed by atoms with Gasteiger partial charge in [-0.1, -0.05) is 32.9 Å². The van der Waals surface area contributed by atoms with Crippen LogP contribution < -0.4 is 10.2 Å². The molecule has 0 aliphatic heterocycles. The molecule has 0 aliphatic carbocycles. The summed E-state index contributed by atoms with van der Waals surface area (Å²) in [5.41, 5.74) is 7.47. The Morgan fingerprint density at radius 3 is 1.83 bits per heavy atom. The summed E-state index contributed by atoms with van der Waals surface area (Å²) in [7, 11) is -1.51. The maximum atomic E-state index is 6.22. The van der Waals surface area contributed by atoms with E-state index in [4.69, 9.17) is 10.2 Å². The normalized spacial score (nSPS) is 13.7. The first-order valence-corrected chi connectivity index (χ1v) is 9.55. The molecule has 4 heteroatoms. The highest BCUT2D eigenvalue weighted by molar-refractivity contribution is 6.70. The minimum absolute atomic E-state index is 0. The maximum Gasteiger partial charge on any atom is 0.242 e. The third kappa shape index (κ3) is 5.42. The number of hydrogen-bond donors (Lipinski definition) is 1. The van der Waals surface area contributed by atoms with E-state index in [9.17, 15) is 0 Å². The van der Waals surface area contributed by atoms with Gasteiger partial charge in [-0.05, 0) is 42.8 Å². The van der Waals surface area contributed by atoms with E-state index in [0.717, 1.165) is 5.75 Å². The molecule has 2 nitrogen and oxygen atoms in total. The van der Waals surface area contributed by atoms with Gasteiger partial charge in [0.1, 0.15) is 5.75 Å². The minimum atomic E-state index is -1.51. The zero-order valence-electron chi connectivity index (χ0n) is 12.3. The predicted molar refractivity (Wildman–Crippen MR) is 84.0 cm³/mol. The number of nitrogens with two attached hydrogens (primary N) is 1. The molecule has 1 aromatic carbocycles. The van der Waals surface area contributed by atoms with Crippen molar-refractivity contribution in [1.82, 2.24) is 0 Å². The molecule has 1 rings (SSSR count). The monoisotopic (exact) mass is 287 g/mol. The molecule has 1 atom stereocenters. The Morgan fingerprint density at radius 2 is 1.50 bits per heavy atom. The SMILES string of the molecule is CC(C)(C)[C@H](N)c1ccc(O[Si](C)(C)C)cc1.Cl. The summed E-state index contributed by atoms with van der Waals surface area (Å²) in [6, 6.07) is 8.26. The van der Waals surface area contributed by atoms with Crippen molar-refractivity contribution in [2.45, 2.75) is 46.5 Å². The molecule has 0 aromatic heterocycles. The molecule has 0 aliphatic rings. The summed E-state index contributed by atoms with van der Waals surface area (Å²) in [6.45, 7) is 13.0.